The molecule has 16 heavy (non-hydrogen) atoms. The van der Waals surface area contributed by atoms with Crippen LogP contribution < -0.4 is 5.14 Å². The van der Waals surface area contributed by atoms with Crippen molar-refractivity contribution < 1.29 is 8.42 Å². The second kappa shape index (κ2) is 4.58. The normalized spacial score (nSPS) is 12.0. The van der Waals surface area contributed by atoms with E-state index in [1.165, 1.54) is 12.3 Å². The van der Waals surface area contributed by atoms with Crippen LogP contribution in [0.2, 0.25) is 0 Å². The number of hydrogen-bond donors (Lipinski definition) is 1. The van der Waals surface area contributed by atoms with E-state index in [9.17, 15) is 8.42 Å². The molecule has 0 bridgehead atoms. The third kappa shape index (κ3) is 3.28. The number of pyridine rings is 1. The van der Waals surface area contributed by atoms with E-state index in [-0.39, 0.29) is 4.90 Å². The average Bonchev–Trinajstić information content (AvgIpc) is 2.14. The maximum Gasteiger partial charge on any atom is 0.239 e. The van der Waals surface area contributed by atoms with E-state index >= 15 is 0 Å². The predicted octanol–water partition coefficient (Wildman–Crippen LogP) is 0.259. The fourth-order valence-electron chi connectivity index (χ4n) is 1.00. The van der Waals surface area contributed by atoms with Crippen LogP contribution in [0.1, 0.15) is 5.56 Å². The zero-order valence-corrected chi connectivity index (χ0v) is 10.2. The van der Waals surface area contributed by atoms with Crippen molar-refractivity contribution >= 4 is 22.2 Å². The highest BCUT2D eigenvalue weighted by atomic mass is 32.2. The summed E-state index contributed by atoms with van der Waals surface area (Å²) in [4.78, 5) is 9.77. The van der Waals surface area contributed by atoms with Crippen molar-refractivity contribution in [2.24, 2.45) is 10.1 Å². The molecule has 0 fully saturated rings. The summed E-state index contributed by atoms with van der Waals surface area (Å²) < 4.78 is 22.1. The third-order valence-corrected chi connectivity index (χ3v) is 2.65. The number of nitrogens with two attached hydrogens (primary N) is 1. The molecule has 1 rings (SSSR count). The van der Waals surface area contributed by atoms with Crippen molar-refractivity contribution in [1.29, 1.82) is 0 Å². The van der Waals surface area contributed by atoms with E-state index < -0.39 is 10.0 Å². The van der Waals surface area contributed by atoms with E-state index in [4.69, 9.17) is 5.14 Å². The van der Waals surface area contributed by atoms with Crippen LogP contribution in [-0.2, 0) is 10.0 Å². The second-order valence-electron chi connectivity index (χ2n) is 3.56. The van der Waals surface area contributed by atoms with Crippen molar-refractivity contribution in [2.75, 3.05) is 14.1 Å². The first-order chi connectivity index (χ1) is 7.30. The van der Waals surface area contributed by atoms with Crippen LogP contribution in [0.5, 0.6) is 0 Å². The van der Waals surface area contributed by atoms with Gasteiger partial charge in [-0.25, -0.2) is 23.5 Å². The van der Waals surface area contributed by atoms with Crippen molar-refractivity contribution in [3.63, 3.8) is 0 Å². The lowest BCUT2D eigenvalue weighted by atomic mass is 10.3. The number of aromatic nitrogens is 1. The Bertz CT molecular complexity index is 508. The van der Waals surface area contributed by atoms with Gasteiger partial charge in [0.1, 0.15) is 4.90 Å². The number of sulfonamides is 1. The van der Waals surface area contributed by atoms with Gasteiger partial charge in [0.15, 0.2) is 5.82 Å². The molecule has 0 spiro atoms. The summed E-state index contributed by atoms with van der Waals surface area (Å²) in [5.41, 5.74) is 0.657. The first kappa shape index (κ1) is 12.6. The molecule has 0 saturated heterocycles. The summed E-state index contributed by atoms with van der Waals surface area (Å²) in [6, 6.07) is 1.45. The molecule has 0 unspecified atom stereocenters. The maximum atomic E-state index is 11.1. The Morgan fingerprint density at radius 3 is 2.56 bits per heavy atom. The Hall–Kier alpha value is -1.47. The molecule has 2 N–H and O–H groups in total. The summed E-state index contributed by atoms with van der Waals surface area (Å²) in [5.74, 6) is 0.473. The van der Waals surface area contributed by atoms with Crippen molar-refractivity contribution in [3.8, 4) is 0 Å². The molecule has 1 aromatic rings. The second-order valence-corrected chi connectivity index (χ2v) is 5.13. The van der Waals surface area contributed by atoms with E-state index in [0.717, 1.165) is 0 Å². The van der Waals surface area contributed by atoms with Gasteiger partial charge in [-0.2, -0.15) is 0 Å². The summed E-state index contributed by atoms with van der Waals surface area (Å²) in [6.45, 7) is 1.73. The van der Waals surface area contributed by atoms with Gasteiger partial charge in [0.05, 0.1) is 6.34 Å². The van der Waals surface area contributed by atoms with Crippen LogP contribution in [0, 0.1) is 6.92 Å². The monoisotopic (exact) mass is 242 g/mol. The molecule has 0 aliphatic carbocycles. The first-order valence-corrected chi connectivity index (χ1v) is 6.05. The van der Waals surface area contributed by atoms with Crippen LogP contribution in [0.15, 0.2) is 22.2 Å². The minimum atomic E-state index is -3.70. The van der Waals surface area contributed by atoms with E-state index in [0.29, 0.717) is 11.4 Å². The molecule has 0 radical (unpaired) electrons. The maximum absolute atomic E-state index is 11.1. The smallest absolute Gasteiger partial charge is 0.239 e. The Kier molecular flexibility index (Phi) is 3.61. The zero-order valence-electron chi connectivity index (χ0n) is 9.38. The highest BCUT2D eigenvalue weighted by Crippen LogP contribution is 2.17. The van der Waals surface area contributed by atoms with Gasteiger partial charge in [-0.3, -0.25) is 0 Å². The number of aliphatic imine (C=N–C) groups is 1. The summed E-state index contributed by atoms with van der Waals surface area (Å²) in [6.07, 6.45) is 2.79. The minimum Gasteiger partial charge on any atom is -0.369 e. The number of nitrogens with zero attached hydrogens (tertiary/aromatic N) is 3. The predicted molar refractivity (Wildman–Crippen MR) is 62.2 cm³/mol. The fraction of sp³-hybridized carbons (Fsp3) is 0.333. The van der Waals surface area contributed by atoms with Crippen molar-refractivity contribution in [3.05, 3.63) is 17.8 Å². The largest absolute Gasteiger partial charge is 0.369 e. The highest BCUT2D eigenvalue weighted by Gasteiger charge is 2.09. The van der Waals surface area contributed by atoms with Crippen molar-refractivity contribution in [1.82, 2.24) is 9.88 Å². The Balaban J connectivity index is 3.11. The summed E-state index contributed by atoms with van der Waals surface area (Å²) in [7, 11) is -0.0364. The van der Waals surface area contributed by atoms with Gasteiger partial charge >= 0.3 is 0 Å². The van der Waals surface area contributed by atoms with Gasteiger partial charge in [0.2, 0.25) is 10.0 Å². The lowest BCUT2D eigenvalue weighted by Crippen LogP contribution is -2.12. The van der Waals surface area contributed by atoms with Crippen LogP contribution in [0.3, 0.4) is 0 Å². The molecule has 0 amide bonds. The Morgan fingerprint density at radius 1 is 1.50 bits per heavy atom. The topological polar surface area (TPSA) is 88.7 Å². The quantitative estimate of drug-likeness (QED) is 0.608. The van der Waals surface area contributed by atoms with Gasteiger partial charge in [-0.15, -0.1) is 0 Å². The van der Waals surface area contributed by atoms with E-state index in [1.54, 1.807) is 18.2 Å². The molecule has 6 nitrogen and oxygen atoms in total. The van der Waals surface area contributed by atoms with E-state index in [1.807, 2.05) is 14.1 Å². The number of rotatable bonds is 3. The van der Waals surface area contributed by atoms with Crippen LogP contribution in [0.4, 0.5) is 5.82 Å². The van der Waals surface area contributed by atoms with Crippen LogP contribution in [-0.4, -0.2) is 38.7 Å². The Labute approximate surface area is 94.9 Å². The first-order valence-electron chi connectivity index (χ1n) is 4.51. The molecular formula is C9H14N4O2S. The standard InChI is InChI=1S/C9H14N4O2S/c1-7-4-8(16(10,14)15)5-11-9(7)12-6-13(2)3/h4-6H,1-3H3,(H2,10,14,15). The number of aryl methyl sites for hydroxylation is 1. The average molecular weight is 242 g/mol. The molecule has 1 aromatic heterocycles. The highest BCUT2D eigenvalue weighted by molar-refractivity contribution is 7.89. The minimum absolute atomic E-state index is 0.00574. The molecular weight excluding hydrogens is 228 g/mol. The van der Waals surface area contributed by atoms with Gasteiger partial charge in [-0.05, 0) is 18.6 Å². The van der Waals surface area contributed by atoms with Gasteiger partial charge < -0.3 is 4.90 Å². The van der Waals surface area contributed by atoms with Gasteiger partial charge in [0, 0.05) is 20.3 Å². The molecule has 1 heterocycles. The molecule has 0 aliphatic rings. The summed E-state index contributed by atoms with van der Waals surface area (Å²) in [5, 5.41) is 4.98. The van der Waals surface area contributed by atoms with Gasteiger partial charge in [-0.1, -0.05) is 0 Å². The zero-order chi connectivity index (χ0) is 12.3. The number of primary sulfonamides is 1. The van der Waals surface area contributed by atoms with Gasteiger partial charge in [0.25, 0.3) is 0 Å². The van der Waals surface area contributed by atoms with E-state index in [2.05, 4.69) is 9.98 Å². The lowest BCUT2D eigenvalue weighted by Gasteiger charge is -2.04. The molecule has 0 atom stereocenters. The SMILES string of the molecule is Cc1cc(S(N)(=O)=O)cnc1N=CN(C)C. The van der Waals surface area contributed by atoms with Crippen molar-refractivity contribution in [2.45, 2.75) is 11.8 Å². The molecule has 0 aromatic carbocycles. The Morgan fingerprint density at radius 2 is 2.12 bits per heavy atom. The molecule has 88 valence electrons. The summed E-state index contributed by atoms with van der Waals surface area (Å²) >= 11 is 0. The van der Waals surface area contributed by atoms with Crippen LogP contribution >= 0.6 is 0 Å². The molecule has 0 saturated carbocycles. The number of hydrogen-bond acceptors (Lipinski definition) is 4. The molecule has 7 heteroatoms. The third-order valence-electron chi connectivity index (χ3n) is 1.77. The lowest BCUT2D eigenvalue weighted by molar-refractivity contribution is 0.597. The molecule has 0 aliphatic heterocycles. The fourth-order valence-corrected chi connectivity index (χ4v) is 1.54. The van der Waals surface area contributed by atoms with Crippen LogP contribution in [0.25, 0.3) is 0 Å².